The van der Waals surface area contributed by atoms with Crippen LogP contribution in [0.4, 0.5) is 0 Å². The predicted molar refractivity (Wildman–Crippen MR) is 82.3 cm³/mol. The second kappa shape index (κ2) is 6.38. The van der Waals surface area contributed by atoms with Gasteiger partial charge >= 0.3 is 0 Å². The number of carbonyl (C=O) groups is 2. The fourth-order valence-electron chi connectivity index (χ4n) is 3.28. The van der Waals surface area contributed by atoms with Crippen LogP contribution in [0.3, 0.4) is 0 Å². The minimum absolute atomic E-state index is 0.0698. The Bertz CT molecular complexity index is 567. The van der Waals surface area contributed by atoms with E-state index in [0.29, 0.717) is 19.5 Å². The molecule has 0 N–H and O–H groups in total. The summed E-state index contributed by atoms with van der Waals surface area (Å²) in [5, 5.41) is 0. The maximum absolute atomic E-state index is 12.4. The number of hydrogen-bond donors (Lipinski definition) is 0. The normalized spacial score (nSPS) is 21.5. The second-order valence-corrected chi connectivity index (χ2v) is 6.06. The summed E-state index contributed by atoms with van der Waals surface area (Å²) in [6.07, 6.45) is 2.51. The summed E-state index contributed by atoms with van der Waals surface area (Å²) in [6, 6.07) is 7.71. The molecule has 2 amide bonds. The van der Waals surface area contributed by atoms with Gasteiger partial charge in [-0.25, -0.2) is 0 Å². The van der Waals surface area contributed by atoms with Crippen LogP contribution in [0.1, 0.15) is 24.8 Å². The van der Waals surface area contributed by atoms with Gasteiger partial charge in [-0.05, 0) is 30.5 Å². The number of hydrogen-bond acceptors (Lipinski definition) is 3. The third kappa shape index (κ3) is 3.08. The van der Waals surface area contributed by atoms with E-state index in [0.717, 1.165) is 37.2 Å². The van der Waals surface area contributed by atoms with Gasteiger partial charge in [0, 0.05) is 32.6 Å². The van der Waals surface area contributed by atoms with Crippen LogP contribution in [0, 0.1) is 5.92 Å². The van der Waals surface area contributed by atoms with Gasteiger partial charge < -0.3 is 14.5 Å². The van der Waals surface area contributed by atoms with Gasteiger partial charge in [0.15, 0.2) is 0 Å². The molecule has 1 atom stereocenters. The third-order valence-corrected chi connectivity index (χ3v) is 4.49. The van der Waals surface area contributed by atoms with Gasteiger partial charge in [0.1, 0.15) is 5.75 Å². The zero-order chi connectivity index (χ0) is 15.5. The average molecular weight is 302 g/mol. The highest BCUT2D eigenvalue weighted by molar-refractivity contribution is 5.89. The molecule has 1 aromatic rings. The van der Waals surface area contributed by atoms with Crippen molar-refractivity contribution in [2.75, 3.05) is 26.7 Å². The molecule has 0 spiro atoms. The molecule has 118 valence electrons. The van der Waals surface area contributed by atoms with Crippen molar-refractivity contribution in [3.63, 3.8) is 0 Å². The van der Waals surface area contributed by atoms with Crippen molar-refractivity contribution < 1.29 is 14.3 Å². The maximum Gasteiger partial charge on any atom is 0.227 e. The number of ether oxygens (including phenoxy) is 1. The van der Waals surface area contributed by atoms with Crippen LogP contribution >= 0.6 is 0 Å². The van der Waals surface area contributed by atoms with Crippen molar-refractivity contribution in [2.45, 2.75) is 25.8 Å². The fourth-order valence-corrected chi connectivity index (χ4v) is 3.28. The molecule has 5 nitrogen and oxygen atoms in total. The third-order valence-electron chi connectivity index (χ3n) is 4.49. The van der Waals surface area contributed by atoms with Crippen LogP contribution in [-0.4, -0.2) is 48.4 Å². The summed E-state index contributed by atoms with van der Waals surface area (Å²) >= 11 is 0. The van der Waals surface area contributed by atoms with Gasteiger partial charge in [-0.1, -0.05) is 12.1 Å². The summed E-state index contributed by atoms with van der Waals surface area (Å²) in [5.74, 6) is 0.837. The van der Waals surface area contributed by atoms with E-state index in [1.54, 1.807) is 12.0 Å². The average Bonchev–Trinajstić information content (AvgIpc) is 3.18. The Morgan fingerprint density at radius 1 is 1.32 bits per heavy atom. The van der Waals surface area contributed by atoms with E-state index in [1.807, 2.05) is 29.2 Å². The van der Waals surface area contributed by atoms with Gasteiger partial charge in [-0.2, -0.15) is 0 Å². The van der Waals surface area contributed by atoms with Crippen molar-refractivity contribution in [2.24, 2.45) is 5.92 Å². The van der Waals surface area contributed by atoms with Gasteiger partial charge in [0.25, 0.3) is 0 Å². The van der Waals surface area contributed by atoms with Crippen LogP contribution in [-0.2, 0) is 16.1 Å². The van der Waals surface area contributed by atoms with E-state index >= 15 is 0 Å². The first-order valence-electron chi connectivity index (χ1n) is 7.87. The molecule has 2 aliphatic rings. The number of rotatable bonds is 4. The van der Waals surface area contributed by atoms with Crippen LogP contribution in [0.15, 0.2) is 24.3 Å². The number of amides is 2. The number of methoxy groups -OCH3 is 1. The zero-order valence-electron chi connectivity index (χ0n) is 13.0. The Morgan fingerprint density at radius 3 is 2.82 bits per heavy atom. The Kier molecular flexibility index (Phi) is 4.32. The first-order chi connectivity index (χ1) is 10.7. The molecule has 3 rings (SSSR count). The van der Waals surface area contributed by atoms with Gasteiger partial charge in [0.2, 0.25) is 11.8 Å². The summed E-state index contributed by atoms with van der Waals surface area (Å²) < 4.78 is 5.21. The van der Waals surface area contributed by atoms with Gasteiger partial charge in [-0.3, -0.25) is 9.59 Å². The lowest BCUT2D eigenvalue weighted by atomic mass is 10.1. The number of nitrogens with zero attached hydrogens (tertiary/aromatic N) is 2. The van der Waals surface area contributed by atoms with Gasteiger partial charge in [-0.15, -0.1) is 0 Å². The maximum atomic E-state index is 12.4. The molecule has 2 aliphatic heterocycles. The molecule has 0 aliphatic carbocycles. The molecule has 22 heavy (non-hydrogen) atoms. The first-order valence-corrected chi connectivity index (χ1v) is 7.87. The first kappa shape index (κ1) is 14.9. The van der Waals surface area contributed by atoms with E-state index in [-0.39, 0.29) is 17.7 Å². The lowest BCUT2D eigenvalue weighted by molar-refractivity contribution is -0.134. The van der Waals surface area contributed by atoms with E-state index in [4.69, 9.17) is 4.74 Å². The van der Waals surface area contributed by atoms with Crippen molar-refractivity contribution in [1.29, 1.82) is 0 Å². The predicted octanol–water partition coefficient (Wildman–Crippen LogP) is 1.67. The number of likely N-dealkylation sites (tertiary alicyclic amines) is 2. The van der Waals surface area contributed by atoms with Crippen LogP contribution in [0.5, 0.6) is 5.75 Å². The molecule has 2 fully saturated rings. The molecule has 5 heteroatoms. The molecule has 1 unspecified atom stereocenters. The SMILES string of the molecule is COc1cccc(CN2CC(C(=O)N3CCCC3)CC2=O)c1. The Balaban J connectivity index is 1.63. The smallest absolute Gasteiger partial charge is 0.227 e. The summed E-state index contributed by atoms with van der Waals surface area (Å²) in [7, 11) is 1.63. The summed E-state index contributed by atoms with van der Waals surface area (Å²) in [5.41, 5.74) is 1.03. The molecule has 2 saturated heterocycles. The topological polar surface area (TPSA) is 49.9 Å². The number of carbonyl (C=O) groups excluding carboxylic acids is 2. The fraction of sp³-hybridized carbons (Fsp3) is 0.529. The van der Waals surface area contributed by atoms with Crippen molar-refractivity contribution >= 4 is 11.8 Å². The summed E-state index contributed by atoms with van der Waals surface area (Å²) in [6.45, 7) is 2.77. The molecule has 0 aromatic heterocycles. The lowest BCUT2D eigenvalue weighted by Gasteiger charge is -2.20. The molecule has 0 saturated carbocycles. The number of benzene rings is 1. The Morgan fingerprint density at radius 2 is 2.09 bits per heavy atom. The van der Waals surface area contributed by atoms with E-state index in [1.165, 1.54) is 0 Å². The van der Waals surface area contributed by atoms with Gasteiger partial charge in [0.05, 0.1) is 13.0 Å². The monoisotopic (exact) mass is 302 g/mol. The molecule has 0 radical (unpaired) electrons. The Labute approximate surface area is 130 Å². The van der Waals surface area contributed by atoms with Crippen LogP contribution < -0.4 is 4.74 Å². The zero-order valence-corrected chi connectivity index (χ0v) is 13.0. The van der Waals surface area contributed by atoms with E-state index in [2.05, 4.69) is 0 Å². The second-order valence-electron chi connectivity index (χ2n) is 6.06. The van der Waals surface area contributed by atoms with E-state index in [9.17, 15) is 9.59 Å². The highest BCUT2D eigenvalue weighted by atomic mass is 16.5. The van der Waals surface area contributed by atoms with Crippen molar-refractivity contribution in [3.05, 3.63) is 29.8 Å². The highest BCUT2D eigenvalue weighted by Gasteiger charge is 2.36. The van der Waals surface area contributed by atoms with Crippen molar-refractivity contribution in [1.82, 2.24) is 9.80 Å². The molecular formula is C17H22N2O3. The van der Waals surface area contributed by atoms with Crippen molar-refractivity contribution in [3.8, 4) is 5.75 Å². The molecular weight excluding hydrogens is 280 g/mol. The largest absolute Gasteiger partial charge is 0.497 e. The molecule has 0 bridgehead atoms. The minimum atomic E-state index is -0.170. The van der Waals surface area contributed by atoms with Crippen LogP contribution in [0.2, 0.25) is 0 Å². The summed E-state index contributed by atoms with van der Waals surface area (Å²) in [4.78, 5) is 28.3. The Hall–Kier alpha value is -2.04. The van der Waals surface area contributed by atoms with Crippen LogP contribution in [0.25, 0.3) is 0 Å². The molecule has 2 heterocycles. The standard InChI is InChI=1S/C17H22N2O3/c1-22-15-6-4-5-13(9-15)11-19-12-14(10-16(19)20)17(21)18-7-2-3-8-18/h4-6,9,14H,2-3,7-8,10-12H2,1H3. The minimum Gasteiger partial charge on any atom is -0.497 e. The molecule has 1 aromatic carbocycles. The highest BCUT2D eigenvalue weighted by Crippen LogP contribution is 2.24. The lowest BCUT2D eigenvalue weighted by Crippen LogP contribution is -2.35. The van der Waals surface area contributed by atoms with E-state index < -0.39 is 0 Å². The quantitative estimate of drug-likeness (QED) is 0.850.